The SMILES string of the molecule is NC(=O)c1cncc([C@@H]2O[C@H](COP(=O)(O)OP(=O)(O)OC[C@H]3O[C@@H](n4cnc5c(N)ncnc54)[C@@H](O)C3O)C(O)[C@@H]2O)c1. The van der Waals surface area contributed by atoms with E-state index in [1.807, 2.05) is 0 Å². The van der Waals surface area contributed by atoms with Crippen LogP contribution in [0.2, 0.25) is 0 Å². The van der Waals surface area contributed by atoms with Gasteiger partial charge in [-0.3, -0.25) is 23.4 Å². The summed E-state index contributed by atoms with van der Waals surface area (Å²) in [5.74, 6) is -0.758. The first-order valence-electron chi connectivity index (χ1n) is 12.5. The molecule has 5 heterocycles. The number of nitrogens with two attached hydrogens (primary N) is 2. The van der Waals surface area contributed by atoms with Gasteiger partial charge in [-0.05, 0) is 6.07 Å². The minimum absolute atomic E-state index is 0.00466. The van der Waals surface area contributed by atoms with Gasteiger partial charge in [0.15, 0.2) is 17.7 Å². The lowest BCUT2D eigenvalue weighted by molar-refractivity contribution is -0.0507. The molecule has 240 valence electrons. The molecule has 10 N–H and O–H groups in total. The first-order chi connectivity index (χ1) is 20.7. The maximum Gasteiger partial charge on any atom is 0.481 e. The number of nitrogen functional groups attached to an aromatic ring is 1. The molecule has 23 heteroatoms. The monoisotopic (exact) mass is 663 g/mol. The van der Waals surface area contributed by atoms with Crippen LogP contribution in [0.4, 0.5) is 5.82 Å². The van der Waals surface area contributed by atoms with Gasteiger partial charge in [0.25, 0.3) is 0 Å². The molecule has 0 spiro atoms. The van der Waals surface area contributed by atoms with E-state index in [9.17, 15) is 44.1 Å². The number of carbonyl (C=O) groups is 1. The van der Waals surface area contributed by atoms with Gasteiger partial charge in [-0.2, -0.15) is 4.31 Å². The van der Waals surface area contributed by atoms with Crippen LogP contribution in [0.25, 0.3) is 11.2 Å². The van der Waals surface area contributed by atoms with Gasteiger partial charge in [0.05, 0.1) is 25.1 Å². The number of imidazole rings is 1. The molecular weight excluding hydrogens is 636 g/mol. The Bertz CT molecular complexity index is 1630. The number of aromatic nitrogens is 5. The summed E-state index contributed by atoms with van der Waals surface area (Å²) in [5.41, 5.74) is 11.5. The van der Waals surface area contributed by atoms with E-state index in [1.165, 1.54) is 29.4 Å². The number of aliphatic hydroxyl groups excluding tert-OH is 4. The average molecular weight is 663 g/mol. The van der Waals surface area contributed by atoms with E-state index in [-0.39, 0.29) is 28.1 Å². The van der Waals surface area contributed by atoms with Gasteiger partial charge in [0, 0.05) is 18.0 Å². The Labute approximate surface area is 246 Å². The number of nitrogens with zero attached hydrogens (tertiary/aromatic N) is 5. The summed E-state index contributed by atoms with van der Waals surface area (Å²) in [6.07, 6.45) is -7.10. The van der Waals surface area contributed by atoms with Crippen LogP contribution in [0.5, 0.6) is 0 Å². The Hall–Kier alpha value is -3.01. The molecule has 10 atom stereocenters. The van der Waals surface area contributed by atoms with Gasteiger partial charge >= 0.3 is 15.6 Å². The van der Waals surface area contributed by atoms with Crippen LogP contribution in [-0.2, 0) is 32.0 Å². The van der Waals surface area contributed by atoms with Crippen LogP contribution >= 0.6 is 15.6 Å². The van der Waals surface area contributed by atoms with Crippen molar-refractivity contribution in [2.45, 2.75) is 49.0 Å². The number of pyridine rings is 1. The van der Waals surface area contributed by atoms with Crippen LogP contribution in [0.1, 0.15) is 28.3 Å². The summed E-state index contributed by atoms with van der Waals surface area (Å²) in [6.45, 7) is -1.81. The number of carbonyl (C=O) groups excluding carboxylic acids is 1. The molecule has 21 nitrogen and oxygen atoms in total. The zero-order valence-corrected chi connectivity index (χ0v) is 23.9. The lowest BCUT2D eigenvalue weighted by Gasteiger charge is -2.20. The van der Waals surface area contributed by atoms with Crippen molar-refractivity contribution in [3.8, 4) is 0 Å². The Balaban J connectivity index is 1.16. The summed E-state index contributed by atoms with van der Waals surface area (Å²) < 4.78 is 50.8. The van der Waals surface area contributed by atoms with Crippen molar-refractivity contribution in [3.63, 3.8) is 0 Å². The maximum atomic E-state index is 12.4. The number of anilines is 1. The number of fused-ring (bicyclic) bond motifs is 1. The van der Waals surface area contributed by atoms with Gasteiger partial charge in [-0.1, -0.05) is 0 Å². The van der Waals surface area contributed by atoms with Crippen LogP contribution in [0.3, 0.4) is 0 Å². The van der Waals surface area contributed by atoms with Crippen molar-refractivity contribution in [2.75, 3.05) is 18.9 Å². The highest BCUT2D eigenvalue weighted by molar-refractivity contribution is 7.61. The molecular formula is C21H27N7O14P2. The van der Waals surface area contributed by atoms with Crippen molar-refractivity contribution >= 4 is 38.5 Å². The number of primary amides is 1. The summed E-state index contributed by atoms with van der Waals surface area (Å²) in [7, 11) is -10.7. The van der Waals surface area contributed by atoms with Crippen LogP contribution in [0.15, 0.2) is 31.1 Å². The van der Waals surface area contributed by atoms with Gasteiger partial charge < -0.3 is 51.2 Å². The third-order valence-electron chi connectivity index (χ3n) is 6.74. The molecule has 0 radical (unpaired) electrons. The van der Waals surface area contributed by atoms with E-state index in [4.69, 9.17) is 25.5 Å². The Morgan fingerprint density at radius 1 is 0.932 bits per heavy atom. The maximum absolute atomic E-state index is 12.4. The summed E-state index contributed by atoms with van der Waals surface area (Å²) in [4.78, 5) is 47.1. The Morgan fingerprint density at radius 3 is 2.23 bits per heavy atom. The Kier molecular flexibility index (Phi) is 9.13. The zero-order valence-electron chi connectivity index (χ0n) is 22.2. The molecule has 3 aromatic heterocycles. The van der Waals surface area contributed by atoms with E-state index in [2.05, 4.69) is 28.8 Å². The highest BCUT2D eigenvalue weighted by Crippen LogP contribution is 2.60. The molecule has 0 aromatic carbocycles. The van der Waals surface area contributed by atoms with Crippen molar-refractivity contribution in [3.05, 3.63) is 42.2 Å². The number of hydrogen-bond donors (Lipinski definition) is 8. The standard InChI is InChI=1S/C21H27N7O14P2/c22-18-12-20(26-6-25-18)28(7-27-12)21-16(32)14(30)11(41-21)5-39-44(36,37)42-43(34,35)38-4-10-13(29)15(31)17(40-10)8-1-9(19(23)33)3-24-2-8/h1-3,6-7,10-11,13-17,21,29-32H,4-5H2,(H2,23,33)(H,34,35)(H,36,37)(H2,22,25,26)/t10-,11-,13?,14?,15+,16+,17+,21-/m1/s1. The van der Waals surface area contributed by atoms with Crippen molar-refractivity contribution < 1.29 is 67.0 Å². The molecule has 0 saturated carbocycles. The van der Waals surface area contributed by atoms with Crippen molar-refractivity contribution in [1.82, 2.24) is 24.5 Å². The summed E-state index contributed by atoms with van der Waals surface area (Å²) >= 11 is 0. The molecule has 0 bridgehead atoms. The van der Waals surface area contributed by atoms with Gasteiger partial charge in [0.2, 0.25) is 5.91 Å². The first kappa shape index (κ1) is 32.4. The third-order valence-corrected chi connectivity index (χ3v) is 9.35. The van der Waals surface area contributed by atoms with Gasteiger partial charge in [-0.15, -0.1) is 0 Å². The molecule has 5 rings (SSSR count). The molecule has 2 aliphatic rings. The van der Waals surface area contributed by atoms with Gasteiger partial charge in [-0.25, -0.2) is 24.1 Å². The van der Waals surface area contributed by atoms with Crippen molar-refractivity contribution in [1.29, 1.82) is 0 Å². The summed E-state index contributed by atoms with van der Waals surface area (Å²) in [6, 6.07) is 1.27. The van der Waals surface area contributed by atoms with Crippen molar-refractivity contribution in [2.24, 2.45) is 5.73 Å². The topological polar surface area (TPSA) is 327 Å². The second-order valence-corrected chi connectivity index (χ2v) is 12.7. The number of ether oxygens (including phenoxy) is 2. The van der Waals surface area contributed by atoms with E-state index < -0.39 is 83.7 Å². The number of phosphoric ester groups is 2. The van der Waals surface area contributed by atoms with Gasteiger partial charge in [0.1, 0.15) is 54.6 Å². The quantitative estimate of drug-likeness (QED) is 0.0994. The van der Waals surface area contributed by atoms with E-state index in [0.717, 1.165) is 6.33 Å². The van der Waals surface area contributed by atoms with E-state index >= 15 is 0 Å². The minimum atomic E-state index is -5.37. The highest BCUT2D eigenvalue weighted by Gasteiger charge is 2.48. The normalized spacial score (nSPS) is 31.6. The molecule has 2 fully saturated rings. The lowest BCUT2D eigenvalue weighted by atomic mass is 10.0. The predicted octanol–water partition coefficient (Wildman–Crippen LogP) is -2.37. The second-order valence-electron chi connectivity index (χ2n) is 9.69. The average Bonchev–Trinajstić information content (AvgIpc) is 3.61. The zero-order chi connectivity index (χ0) is 32.0. The number of rotatable bonds is 11. The number of hydrogen-bond acceptors (Lipinski definition) is 17. The molecule has 1 amide bonds. The fourth-order valence-electron chi connectivity index (χ4n) is 4.58. The van der Waals surface area contributed by atoms with E-state index in [1.54, 1.807) is 0 Å². The predicted molar refractivity (Wildman–Crippen MR) is 141 cm³/mol. The molecule has 3 aromatic rings. The largest absolute Gasteiger partial charge is 0.481 e. The highest BCUT2D eigenvalue weighted by atomic mass is 31.3. The second kappa shape index (κ2) is 12.4. The molecule has 2 aliphatic heterocycles. The molecule has 0 aliphatic carbocycles. The van der Waals surface area contributed by atoms with Crippen LogP contribution in [-0.4, -0.2) is 110 Å². The van der Waals surface area contributed by atoms with Crippen LogP contribution in [0, 0.1) is 0 Å². The molecule has 44 heavy (non-hydrogen) atoms. The third kappa shape index (κ3) is 6.65. The fourth-order valence-corrected chi connectivity index (χ4v) is 6.67. The molecule has 2 saturated heterocycles. The smallest absolute Gasteiger partial charge is 0.387 e. The molecule has 4 unspecified atom stereocenters. The Morgan fingerprint density at radius 2 is 1.57 bits per heavy atom. The van der Waals surface area contributed by atoms with E-state index in [0.29, 0.717) is 0 Å². The number of phosphoric acid groups is 2. The fraction of sp³-hybridized carbons (Fsp3) is 0.476. The lowest BCUT2D eigenvalue weighted by Crippen LogP contribution is -2.33. The summed E-state index contributed by atoms with van der Waals surface area (Å²) in [5, 5.41) is 41.6. The number of aliphatic hydroxyl groups is 4. The number of amides is 1. The minimum Gasteiger partial charge on any atom is -0.387 e. The van der Waals surface area contributed by atoms with Crippen LogP contribution < -0.4 is 11.5 Å². The first-order valence-corrected chi connectivity index (χ1v) is 15.5.